The van der Waals surface area contributed by atoms with E-state index in [4.69, 9.17) is 29.2 Å². The van der Waals surface area contributed by atoms with Crippen LogP contribution in [0.15, 0.2) is 18.2 Å². The van der Waals surface area contributed by atoms with E-state index in [2.05, 4.69) is 4.74 Å². The van der Waals surface area contributed by atoms with Crippen molar-refractivity contribution in [2.45, 2.75) is 13.2 Å². The summed E-state index contributed by atoms with van der Waals surface area (Å²) in [5.74, 6) is 0.164. The first-order valence-corrected chi connectivity index (χ1v) is 7.97. The van der Waals surface area contributed by atoms with Gasteiger partial charge < -0.3 is 33.9 Å². The number of benzene rings is 1. The number of aliphatic hydroxyl groups excluding tert-OH is 2. The quantitative estimate of drug-likeness (QED) is 0.361. The molecule has 0 fully saturated rings. The van der Waals surface area contributed by atoms with Crippen molar-refractivity contribution in [3.8, 4) is 5.75 Å². The molecular formula is C17H26O8. The predicted molar refractivity (Wildman–Crippen MR) is 88.3 cm³/mol. The maximum atomic E-state index is 10.8. The van der Waals surface area contributed by atoms with Gasteiger partial charge in [-0.2, -0.15) is 0 Å². The smallest absolute Gasteiger partial charge is 0.331 e. The first kappa shape index (κ1) is 21.3. The largest absolute Gasteiger partial charge is 0.491 e. The highest BCUT2D eigenvalue weighted by atomic mass is 16.6. The number of carbonyl (C=O) groups is 1. The number of methoxy groups -OCH3 is 1. The summed E-state index contributed by atoms with van der Waals surface area (Å²) < 4.78 is 25.6. The van der Waals surface area contributed by atoms with Gasteiger partial charge in [0.1, 0.15) is 19.0 Å². The fourth-order valence-corrected chi connectivity index (χ4v) is 1.87. The third-order valence-corrected chi connectivity index (χ3v) is 3.08. The van der Waals surface area contributed by atoms with Crippen LogP contribution in [0.3, 0.4) is 0 Å². The topological polar surface area (TPSA) is 104 Å². The van der Waals surface area contributed by atoms with Gasteiger partial charge in [-0.1, -0.05) is 6.07 Å². The fraction of sp³-hybridized carbons (Fsp3) is 0.588. The van der Waals surface area contributed by atoms with Crippen molar-refractivity contribution in [2.75, 3.05) is 53.4 Å². The molecule has 0 aromatic heterocycles. The average Bonchev–Trinajstić information content (AvgIpc) is 2.65. The van der Waals surface area contributed by atoms with E-state index < -0.39 is 5.97 Å². The Balaban J connectivity index is 2.01. The summed E-state index contributed by atoms with van der Waals surface area (Å²) in [4.78, 5) is 10.8. The van der Waals surface area contributed by atoms with Gasteiger partial charge in [-0.25, -0.2) is 4.79 Å². The second kappa shape index (κ2) is 13.6. The van der Waals surface area contributed by atoms with Crippen molar-refractivity contribution in [3.05, 3.63) is 29.3 Å². The molecule has 8 nitrogen and oxygen atoms in total. The number of esters is 1. The van der Waals surface area contributed by atoms with E-state index in [1.54, 1.807) is 18.2 Å². The van der Waals surface area contributed by atoms with Crippen LogP contribution < -0.4 is 4.74 Å². The highest BCUT2D eigenvalue weighted by molar-refractivity contribution is 5.70. The molecule has 0 atom stereocenters. The van der Waals surface area contributed by atoms with E-state index in [0.29, 0.717) is 56.5 Å². The highest BCUT2D eigenvalue weighted by Crippen LogP contribution is 2.17. The molecule has 25 heavy (non-hydrogen) atoms. The molecule has 2 N–H and O–H groups in total. The molecule has 1 aromatic carbocycles. The Hall–Kier alpha value is -1.71. The van der Waals surface area contributed by atoms with Gasteiger partial charge in [-0.3, -0.25) is 0 Å². The summed E-state index contributed by atoms with van der Waals surface area (Å²) in [6, 6.07) is 5.16. The normalized spacial score (nSPS) is 10.7. The summed E-state index contributed by atoms with van der Waals surface area (Å²) in [5.41, 5.74) is 1.37. The van der Waals surface area contributed by atoms with Crippen molar-refractivity contribution in [2.24, 2.45) is 0 Å². The van der Waals surface area contributed by atoms with Gasteiger partial charge >= 0.3 is 5.97 Å². The minimum Gasteiger partial charge on any atom is -0.491 e. The van der Waals surface area contributed by atoms with Crippen LogP contribution in [0.5, 0.6) is 5.75 Å². The zero-order chi connectivity index (χ0) is 18.3. The molecule has 0 aliphatic rings. The van der Waals surface area contributed by atoms with Crippen LogP contribution in [0.2, 0.25) is 0 Å². The third-order valence-electron chi connectivity index (χ3n) is 3.08. The number of rotatable bonds is 14. The molecule has 0 unspecified atom stereocenters. The third kappa shape index (κ3) is 10.0. The maximum Gasteiger partial charge on any atom is 0.331 e. The minimum absolute atomic E-state index is 0.0802. The molecule has 0 spiro atoms. The van der Waals surface area contributed by atoms with Crippen LogP contribution in [0, 0.1) is 0 Å². The van der Waals surface area contributed by atoms with Gasteiger partial charge in [-0.05, 0) is 23.3 Å². The second-order valence-electron chi connectivity index (χ2n) is 5.00. The number of carbonyl (C=O) groups excluding carboxylic acids is 1. The molecule has 0 bridgehead atoms. The molecule has 0 saturated heterocycles. The summed E-state index contributed by atoms with van der Waals surface area (Å²) in [6.45, 7) is 1.95. The molecule has 0 amide bonds. The number of hydrogen-bond donors (Lipinski definition) is 2. The van der Waals surface area contributed by atoms with Gasteiger partial charge in [0.25, 0.3) is 0 Å². The Labute approximate surface area is 147 Å². The van der Waals surface area contributed by atoms with Crippen LogP contribution in [0.25, 0.3) is 0 Å². The number of aliphatic hydroxyl groups is 2. The molecule has 0 aliphatic heterocycles. The Morgan fingerprint density at radius 2 is 1.36 bits per heavy atom. The van der Waals surface area contributed by atoms with Crippen molar-refractivity contribution >= 4 is 5.97 Å². The SMILES string of the molecule is COC(=O)COCCOCCOCCOc1cc(CO)cc(CO)c1. The lowest BCUT2D eigenvalue weighted by molar-refractivity contribution is -0.146. The zero-order valence-electron chi connectivity index (χ0n) is 14.4. The monoisotopic (exact) mass is 358 g/mol. The van der Waals surface area contributed by atoms with Crippen molar-refractivity contribution in [1.29, 1.82) is 0 Å². The molecule has 8 heteroatoms. The molecule has 0 aliphatic carbocycles. The molecule has 0 saturated carbocycles. The summed E-state index contributed by atoms with van der Waals surface area (Å²) >= 11 is 0. The van der Waals surface area contributed by atoms with Crippen LogP contribution in [0.1, 0.15) is 11.1 Å². The van der Waals surface area contributed by atoms with Crippen LogP contribution in [-0.2, 0) is 37.0 Å². The first-order valence-electron chi connectivity index (χ1n) is 7.97. The van der Waals surface area contributed by atoms with E-state index in [-0.39, 0.29) is 19.8 Å². The first-order chi connectivity index (χ1) is 12.2. The van der Waals surface area contributed by atoms with Gasteiger partial charge in [0.05, 0.1) is 53.4 Å². The summed E-state index contributed by atoms with van der Waals surface area (Å²) in [7, 11) is 1.30. The van der Waals surface area contributed by atoms with Crippen LogP contribution in [-0.4, -0.2) is 69.5 Å². The number of hydrogen-bond acceptors (Lipinski definition) is 8. The van der Waals surface area contributed by atoms with Gasteiger partial charge in [-0.15, -0.1) is 0 Å². The summed E-state index contributed by atoms with van der Waals surface area (Å²) in [6.07, 6.45) is 0. The van der Waals surface area contributed by atoms with Gasteiger partial charge in [0.15, 0.2) is 0 Å². The Kier molecular flexibility index (Phi) is 11.6. The van der Waals surface area contributed by atoms with Gasteiger partial charge in [0.2, 0.25) is 0 Å². The lowest BCUT2D eigenvalue weighted by Crippen LogP contribution is -2.15. The summed E-state index contributed by atoms with van der Waals surface area (Å²) in [5, 5.41) is 18.3. The lowest BCUT2D eigenvalue weighted by Gasteiger charge is -2.10. The van der Waals surface area contributed by atoms with Crippen molar-refractivity contribution in [1.82, 2.24) is 0 Å². The van der Waals surface area contributed by atoms with E-state index in [1.807, 2.05) is 0 Å². The van der Waals surface area contributed by atoms with E-state index in [0.717, 1.165) is 0 Å². The maximum absolute atomic E-state index is 10.8. The molecule has 1 rings (SSSR count). The molecular weight excluding hydrogens is 332 g/mol. The Morgan fingerprint density at radius 3 is 1.88 bits per heavy atom. The average molecular weight is 358 g/mol. The second-order valence-corrected chi connectivity index (χ2v) is 5.00. The number of ether oxygens (including phenoxy) is 5. The van der Waals surface area contributed by atoms with E-state index in [1.165, 1.54) is 7.11 Å². The van der Waals surface area contributed by atoms with E-state index >= 15 is 0 Å². The highest BCUT2D eigenvalue weighted by Gasteiger charge is 2.02. The van der Waals surface area contributed by atoms with Crippen molar-refractivity contribution < 1.29 is 38.7 Å². The van der Waals surface area contributed by atoms with Crippen LogP contribution >= 0.6 is 0 Å². The van der Waals surface area contributed by atoms with Gasteiger partial charge in [0, 0.05) is 0 Å². The Morgan fingerprint density at radius 1 is 0.840 bits per heavy atom. The molecule has 0 radical (unpaired) electrons. The minimum atomic E-state index is -0.418. The standard InChI is InChI=1S/C17H26O8/c1-21-17(20)13-24-5-4-22-2-3-23-6-7-25-16-9-14(11-18)8-15(10-16)12-19/h8-10,18-19H,2-7,11-13H2,1H3. The fourth-order valence-electron chi connectivity index (χ4n) is 1.87. The predicted octanol–water partition coefficient (Wildman–Crippen LogP) is 0.273. The van der Waals surface area contributed by atoms with Crippen molar-refractivity contribution in [3.63, 3.8) is 0 Å². The lowest BCUT2D eigenvalue weighted by atomic mass is 10.1. The molecule has 142 valence electrons. The van der Waals surface area contributed by atoms with E-state index in [9.17, 15) is 4.79 Å². The Bertz CT molecular complexity index is 469. The van der Waals surface area contributed by atoms with Crippen LogP contribution in [0.4, 0.5) is 0 Å². The zero-order valence-corrected chi connectivity index (χ0v) is 14.4. The molecule has 1 aromatic rings. The molecule has 0 heterocycles.